The van der Waals surface area contributed by atoms with Gasteiger partial charge in [0.2, 0.25) is 0 Å². The van der Waals surface area contributed by atoms with Gasteiger partial charge in [-0.2, -0.15) is 0 Å². The molecule has 0 radical (unpaired) electrons. The van der Waals surface area contributed by atoms with Crippen LogP contribution in [-0.4, -0.2) is 37.7 Å². The third kappa shape index (κ3) is 6.79. The molecule has 0 saturated carbocycles. The molecular formula is C27H27F2NO5. The molecule has 0 unspecified atom stereocenters. The number of carbonyl (C=O) groups excluding carboxylic acids is 2. The van der Waals surface area contributed by atoms with Gasteiger partial charge in [-0.1, -0.05) is 36.4 Å². The fourth-order valence-electron chi connectivity index (χ4n) is 3.72. The lowest BCUT2D eigenvalue weighted by Crippen LogP contribution is -2.31. The molecule has 0 N–H and O–H groups in total. The van der Waals surface area contributed by atoms with E-state index in [1.807, 2.05) is 42.5 Å². The smallest absolute Gasteiger partial charge is 0.410 e. The summed E-state index contributed by atoms with van der Waals surface area (Å²) in [6.07, 6.45) is -0.492. The average molecular weight is 484 g/mol. The van der Waals surface area contributed by atoms with E-state index in [4.69, 9.17) is 14.2 Å². The van der Waals surface area contributed by atoms with Crippen LogP contribution in [0.15, 0.2) is 60.7 Å². The lowest BCUT2D eigenvalue weighted by atomic mass is 9.96. The SMILES string of the molecule is CCN(Cc1cccc(OC)c1-c1cccc(CC(=O)OC)c1)C(=O)OCc1cc(F)cc(F)c1. The molecule has 0 fully saturated rings. The molecule has 0 aliphatic carbocycles. The summed E-state index contributed by atoms with van der Waals surface area (Å²) in [5, 5.41) is 0. The number of amides is 1. The predicted molar refractivity (Wildman–Crippen MR) is 127 cm³/mol. The van der Waals surface area contributed by atoms with Gasteiger partial charge in [-0.25, -0.2) is 13.6 Å². The van der Waals surface area contributed by atoms with Gasteiger partial charge in [0.05, 0.1) is 20.6 Å². The average Bonchev–Trinajstić information content (AvgIpc) is 2.85. The van der Waals surface area contributed by atoms with Crippen molar-refractivity contribution in [3.63, 3.8) is 0 Å². The molecule has 3 aromatic carbocycles. The molecular weight excluding hydrogens is 456 g/mol. The summed E-state index contributed by atoms with van der Waals surface area (Å²) in [5.41, 5.74) is 3.39. The minimum atomic E-state index is -0.737. The lowest BCUT2D eigenvalue weighted by molar-refractivity contribution is -0.139. The number of ether oxygens (including phenoxy) is 3. The molecule has 0 saturated heterocycles. The summed E-state index contributed by atoms with van der Waals surface area (Å²) in [6.45, 7) is 2.10. The number of nitrogens with zero attached hydrogens (tertiary/aromatic N) is 1. The van der Waals surface area contributed by atoms with E-state index in [-0.39, 0.29) is 31.1 Å². The van der Waals surface area contributed by atoms with Gasteiger partial charge in [0.15, 0.2) is 0 Å². The van der Waals surface area contributed by atoms with Crippen molar-refractivity contribution in [2.24, 2.45) is 0 Å². The summed E-state index contributed by atoms with van der Waals surface area (Å²) in [7, 11) is 2.90. The molecule has 8 heteroatoms. The van der Waals surface area contributed by atoms with Crippen molar-refractivity contribution in [3.05, 3.63) is 89.0 Å². The van der Waals surface area contributed by atoms with Crippen molar-refractivity contribution in [2.75, 3.05) is 20.8 Å². The van der Waals surface area contributed by atoms with Crippen molar-refractivity contribution >= 4 is 12.1 Å². The van der Waals surface area contributed by atoms with Crippen molar-refractivity contribution in [1.29, 1.82) is 0 Å². The van der Waals surface area contributed by atoms with Crippen molar-refractivity contribution < 1.29 is 32.6 Å². The number of methoxy groups -OCH3 is 2. The molecule has 0 aliphatic heterocycles. The van der Waals surface area contributed by atoms with Gasteiger partial charge in [0, 0.05) is 24.7 Å². The Bertz CT molecular complexity index is 1180. The highest BCUT2D eigenvalue weighted by Crippen LogP contribution is 2.35. The first-order valence-corrected chi connectivity index (χ1v) is 11.0. The lowest BCUT2D eigenvalue weighted by Gasteiger charge is -2.23. The number of rotatable bonds is 9. The van der Waals surface area contributed by atoms with Crippen molar-refractivity contribution in [1.82, 2.24) is 4.90 Å². The third-order valence-corrected chi connectivity index (χ3v) is 5.41. The van der Waals surface area contributed by atoms with Crippen molar-refractivity contribution in [3.8, 4) is 16.9 Å². The fourth-order valence-corrected chi connectivity index (χ4v) is 3.72. The minimum Gasteiger partial charge on any atom is -0.496 e. The third-order valence-electron chi connectivity index (χ3n) is 5.41. The highest BCUT2D eigenvalue weighted by molar-refractivity contribution is 5.77. The van der Waals surface area contributed by atoms with Crippen LogP contribution in [0.2, 0.25) is 0 Å². The molecule has 0 spiro atoms. The molecule has 0 atom stereocenters. The second kappa shape index (κ2) is 12.0. The molecule has 35 heavy (non-hydrogen) atoms. The second-order valence-electron chi connectivity index (χ2n) is 7.79. The number of hydrogen-bond donors (Lipinski definition) is 0. The van der Waals surface area contributed by atoms with Gasteiger partial charge in [0.25, 0.3) is 0 Å². The monoisotopic (exact) mass is 483 g/mol. The van der Waals surface area contributed by atoms with E-state index in [0.29, 0.717) is 12.3 Å². The molecule has 0 aliphatic rings. The van der Waals surface area contributed by atoms with Gasteiger partial charge in [-0.15, -0.1) is 0 Å². The van der Waals surface area contributed by atoms with E-state index in [2.05, 4.69) is 0 Å². The molecule has 0 bridgehead atoms. The molecule has 6 nitrogen and oxygen atoms in total. The summed E-state index contributed by atoms with van der Waals surface area (Å²) in [5.74, 6) is -1.21. The number of carbonyl (C=O) groups is 2. The molecule has 3 aromatic rings. The zero-order chi connectivity index (χ0) is 25.4. The first-order chi connectivity index (χ1) is 16.8. The van der Waals surface area contributed by atoms with E-state index < -0.39 is 17.7 Å². The Balaban J connectivity index is 1.84. The van der Waals surface area contributed by atoms with Gasteiger partial charge < -0.3 is 19.1 Å². The zero-order valence-corrected chi connectivity index (χ0v) is 19.8. The number of hydrogen-bond acceptors (Lipinski definition) is 5. The minimum absolute atomic E-state index is 0.128. The van der Waals surface area contributed by atoms with Crippen LogP contribution in [-0.2, 0) is 33.8 Å². The highest BCUT2D eigenvalue weighted by atomic mass is 19.1. The Morgan fingerprint density at radius 3 is 2.29 bits per heavy atom. The largest absolute Gasteiger partial charge is 0.496 e. The molecule has 184 valence electrons. The Kier molecular flexibility index (Phi) is 8.78. The van der Waals surface area contributed by atoms with Crippen LogP contribution in [0, 0.1) is 11.6 Å². The summed E-state index contributed by atoms with van der Waals surface area (Å²) in [4.78, 5) is 26.0. The van der Waals surface area contributed by atoms with Crippen LogP contribution < -0.4 is 4.74 Å². The first kappa shape index (κ1) is 25.7. The Morgan fingerprint density at radius 1 is 0.914 bits per heavy atom. The molecule has 0 heterocycles. The quantitative estimate of drug-likeness (QED) is 0.375. The van der Waals surface area contributed by atoms with E-state index in [1.54, 1.807) is 14.0 Å². The van der Waals surface area contributed by atoms with Crippen LogP contribution in [0.5, 0.6) is 5.75 Å². The van der Waals surface area contributed by atoms with E-state index >= 15 is 0 Å². The Morgan fingerprint density at radius 2 is 1.63 bits per heavy atom. The Labute approximate surface area is 203 Å². The Hall–Kier alpha value is -3.94. The van der Waals surface area contributed by atoms with Crippen molar-refractivity contribution in [2.45, 2.75) is 26.5 Å². The van der Waals surface area contributed by atoms with Crippen LogP contribution in [0.4, 0.5) is 13.6 Å². The first-order valence-electron chi connectivity index (χ1n) is 11.0. The maximum Gasteiger partial charge on any atom is 0.410 e. The van der Waals surface area contributed by atoms with Crippen LogP contribution in [0.3, 0.4) is 0 Å². The standard InChI is InChI=1S/C27H27F2NO5/c1-4-30(27(32)35-17-19-12-22(28)15-23(29)13-19)16-21-9-6-10-24(33-2)26(21)20-8-5-7-18(11-20)14-25(31)34-3/h5-13,15H,4,14,16-17H2,1-3H3. The summed E-state index contributed by atoms with van der Waals surface area (Å²) in [6, 6.07) is 16.0. The maximum atomic E-state index is 13.4. The van der Waals surface area contributed by atoms with Gasteiger partial charge >= 0.3 is 12.1 Å². The van der Waals surface area contributed by atoms with Crippen LogP contribution >= 0.6 is 0 Å². The number of esters is 1. The van der Waals surface area contributed by atoms with Crippen LogP contribution in [0.25, 0.3) is 11.1 Å². The topological polar surface area (TPSA) is 65.1 Å². The number of halogens is 2. The summed E-state index contributed by atoms with van der Waals surface area (Å²) < 4.78 is 42.5. The fraction of sp³-hybridized carbons (Fsp3) is 0.259. The normalized spacial score (nSPS) is 10.5. The van der Waals surface area contributed by atoms with E-state index in [9.17, 15) is 18.4 Å². The van der Waals surface area contributed by atoms with E-state index in [1.165, 1.54) is 12.0 Å². The molecule has 3 rings (SSSR count). The highest BCUT2D eigenvalue weighted by Gasteiger charge is 2.19. The van der Waals surface area contributed by atoms with Crippen LogP contribution in [0.1, 0.15) is 23.6 Å². The predicted octanol–water partition coefficient (Wildman–Crippen LogP) is 5.51. The van der Waals surface area contributed by atoms with Gasteiger partial charge in [-0.05, 0) is 47.4 Å². The zero-order valence-electron chi connectivity index (χ0n) is 19.8. The molecule has 0 aromatic heterocycles. The molecule has 1 amide bonds. The summed E-state index contributed by atoms with van der Waals surface area (Å²) >= 11 is 0. The van der Waals surface area contributed by atoms with Gasteiger partial charge in [-0.3, -0.25) is 4.79 Å². The maximum absolute atomic E-state index is 13.4. The van der Waals surface area contributed by atoms with E-state index in [0.717, 1.165) is 40.5 Å². The van der Waals surface area contributed by atoms with Gasteiger partial charge in [0.1, 0.15) is 24.0 Å². The second-order valence-corrected chi connectivity index (χ2v) is 7.79. The number of benzene rings is 3.